The number of anilines is 1. The Morgan fingerprint density at radius 3 is 2.69 bits per heavy atom. The van der Waals surface area contributed by atoms with Crippen LogP contribution in [-0.4, -0.2) is 46.8 Å². The van der Waals surface area contributed by atoms with Crippen molar-refractivity contribution in [1.82, 2.24) is 9.88 Å². The lowest BCUT2D eigenvalue weighted by atomic mass is 9.92. The molecule has 8 heteroatoms. The van der Waals surface area contributed by atoms with Crippen molar-refractivity contribution >= 4 is 23.4 Å². The molecule has 1 aromatic heterocycles. The summed E-state index contributed by atoms with van der Waals surface area (Å²) >= 11 is 0. The molecule has 0 saturated carbocycles. The fourth-order valence-corrected chi connectivity index (χ4v) is 3.15. The van der Waals surface area contributed by atoms with Crippen LogP contribution in [0.4, 0.5) is 5.69 Å². The number of nitrogens with zero attached hydrogens (tertiary/aromatic N) is 2. The maximum absolute atomic E-state index is 12.6. The lowest BCUT2D eigenvalue weighted by Gasteiger charge is -2.37. The summed E-state index contributed by atoms with van der Waals surface area (Å²) in [5.74, 6) is -1.58. The molecular formula is C18H26N4O4. The van der Waals surface area contributed by atoms with Crippen LogP contribution in [0, 0.1) is 5.92 Å². The number of primary amides is 1. The molecule has 1 saturated heterocycles. The van der Waals surface area contributed by atoms with Crippen molar-refractivity contribution in [3.8, 4) is 5.88 Å². The minimum absolute atomic E-state index is 0.0510. The first-order valence-corrected chi connectivity index (χ1v) is 8.91. The van der Waals surface area contributed by atoms with Crippen molar-refractivity contribution < 1.29 is 19.1 Å². The van der Waals surface area contributed by atoms with Gasteiger partial charge in [-0.05, 0) is 38.2 Å². The molecule has 3 amide bonds. The van der Waals surface area contributed by atoms with Crippen LogP contribution in [0.2, 0.25) is 0 Å². The van der Waals surface area contributed by atoms with Gasteiger partial charge in [-0.15, -0.1) is 0 Å². The molecule has 1 aromatic rings. The Morgan fingerprint density at radius 1 is 1.35 bits per heavy atom. The number of hydrogen-bond acceptors (Lipinski definition) is 5. The molecule has 2 heterocycles. The maximum Gasteiger partial charge on any atom is 0.313 e. The summed E-state index contributed by atoms with van der Waals surface area (Å²) in [7, 11) is 0. The zero-order valence-corrected chi connectivity index (χ0v) is 15.4. The van der Waals surface area contributed by atoms with Crippen LogP contribution in [-0.2, 0) is 9.59 Å². The van der Waals surface area contributed by atoms with Crippen LogP contribution in [0.3, 0.4) is 0 Å². The van der Waals surface area contributed by atoms with E-state index >= 15 is 0 Å². The number of nitrogens with two attached hydrogens (primary N) is 1. The van der Waals surface area contributed by atoms with Gasteiger partial charge in [0.05, 0.1) is 18.5 Å². The van der Waals surface area contributed by atoms with E-state index in [2.05, 4.69) is 17.2 Å². The first kappa shape index (κ1) is 19.7. The van der Waals surface area contributed by atoms with Crippen LogP contribution in [0.1, 0.15) is 50.4 Å². The van der Waals surface area contributed by atoms with E-state index in [9.17, 15) is 14.4 Å². The minimum Gasteiger partial charge on any atom is -0.477 e. The summed E-state index contributed by atoms with van der Waals surface area (Å²) in [6.07, 6.45) is 4.09. The molecule has 0 unspecified atom stereocenters. The molecule has 0 spiro atoms. The van der Waals surface area contributed by atoms with Crippen LogP contribution in [0.5, 0.6) is 5.88 Å². The van der Waals surface area contributed by atoms with E-state index in [-0.39, 0.29) is 23.2 Å². The molecule has 26 heavy (non-hydrogen) atoms. The third-order valence-corrected chi connectivity index (χ3v) is 4.52. The van der Waals surface area contributed by atoms with E-state index < -0.39 is 17.7 Å². The fraction of sp³-hybridized carbons (Fsp3) is 0.556. The quantitative estimate of drug-likeness (QED) is 0.771. The second kappa shape index (κ2) is 8.64. The Morgan fingerprint density at radius 2 is 2.08 bits per heavy atom. The standard InChI is InChI=1S/C18H26N4O4/c1-4-13-7-6-11(3)10-22(13)18(25)16(24)21-12-8-14(15(19)23)17(20-9-12)26-5-2/h8-9,11,13H,4-7,10H2,1-3H3,(H2,19,23)(H,21,24)/t11-,13-/m0/s1. The largest absolute Gasteiger partial charge is 0.477 e. The molecule has 0 bridgehead atoms. The second-order valence-electron chi connectivity index (χ2n) is 6.53. The third-order valence-electron chi connectivity index (χ3n) is 4.52. The van der Waals surface area contributed by atoms with Gasteiger partial charge < -0.3 is 20.7 Å². The third kappa shape index (κ3) is 4.50. The number of carbonyl (C=O) groups excluding carboxylic acids is 3. The van der Waals surface area contributed by atoms with Crippen molar-refractivity contribution in [2.24, 2.45) is 11.7 Å². The number of pyridine rings is 1. The molecule has 2 rings (SSSR count). The van der Waals surface area contributed by atoms with E-state index in [0.717, 1.165) is 19.3 Å². The number of aromatic nitrogens is 1. The Hall–Kier alpha value is -2.64. The van der Waals surface area contributed by atoms with Gasteiger partial charge in [0.25, 0.3) is 5.91 Å². The summed E-state index contributed by atoms with van der Waals surface area (Å²) < 4.78 is 5.24. The van der Waals surface area contributed by atoms with E-state index in [4.69, 9.17) is 10.5 Å². The Bertz CT molecular complexity index is 692. The fourth-order valence-electron chi connectivity index (χ4n) is 3.15. The van der Waals surface area contributed by atoms with Gasteiger partial charge in [-0.3, -0.25) is 14.4 Å². The topological polar surface area (TPSA) is 115 Å². The molecule has 142 valence electrons. The summed E-state index contributed by atoms with van der Waals surface area (Å²) in [5.41, 5.74) is 5.60. The highest BCUT2D eigenvalue weighted by Gasteiger charge is 2.32. The Kier molecular flexibility index (Phi) is 6.54. The maximum atomic E-state index is 12.6. The number of likely N-dealkylation sites (tertiary alicyclic amines) is 1. The Labute approximate surface area is 153 Å². The number of hydrogen-bond donors (Lipinski definition) is 2. The molecule has 2 atom stereocenters. The first-order chi connectivity index (χ1) is 12.4. The number of nitrogens with one attached hydrogen (secondary N) is 1. The van der Waals surface area contributed by atoms with Crippen molar-refractivity contribution in [3.05, 3.63) is 17.8 Å². The number of piperidine rings is 1. The van der Waals surface area contributed by atoms with Gasteiger partial charge in [-0.1, -0.05) is 13.8 Å². The number of ether oxygens (including phenoxy) is 1. The second-order valence-corrected chi connectivity index (χ2v) is 6.53. The van der Waals surface area contributed by atoms with Crippen molar-refractivity contribution in [2.75, 3.05) is 18.5 Å². The molecule has 3 N–H and O–H groups in total. The number of carbonyl (C=O) groups is 3. The van der Waals surface area contributed by atoms with E-state index in [1.54, 1.807) is 11.8 Å². The smallest absolute Gasteiger partial charge is 0.313 e. The van der Waals surface area contributed by atoms with Gasteiger partial charge in [-0.25, -0.2) is 4.98 Å². The lowest BCUT2D eigenvalue weighted by molar-refractivity contribution is -0.146. The molecular weight excluding hydrogens is 336 g/mol. The van der Waals surface area contributed by atoms with Crippen molar-refractivity contribution in [3.63, 3.8) is 0 Å². The van der Waals surface area contributed by atoms with Gasteiger partial charge in [0.15, 0.2) is 0 Å². The molecule has 1 aliphatic rings. The number of amides is 3. The van der Waals surface area contributed by atoms with Gasteiger partial charge >= 0.3 is 11.8 Å². The average Bonchev–Trinajstić information content (AvgIpc) is 2.62. The molecule has 8 nitrogen and oxygen atoms in total. The van der Waals surface area contributed by atoms with Crippen molar-refractivity contribution in [2.45, 2.75) is 46.1 Å². The Balaban J connectivity index is 2.14. The molecule has 0 aromatic carbocycles. The average molecular weight is 362 g/mol. The monoisotopic (exact) mass is 362 g/mol. The lowest BCUT2D eigenvalue weighted by Crippen LogP contribution is -2.50. The van der Waals surface area contributed by atoms with Gasteiger partial charge in [0.2, 0.25) is 5.88 Å². The summed E-state index contributed by atoms with van der Waals surface area (Å²) in [4.78, 5) is 42.2. The van der Waals surface area contributed by atoms with Crippen LogP contribution >= 0.6 is 0 Å². The van der Waals surface area contributed by atoms with Crippen LogP contribution < -0.4 is 15.8 Å². The normalized spacial score (nSPS) is 19.7. The van der Waals surface area contributed by atoms with Gasteiger partial charge in [0, 0.05) is 12.6 Å². The molecule has 0 aliphatic carbocycles. The van der Waals surface area contributed by atoms with Gasteiger partial charge in [-0.2, -0.15) is 0 Å². The highest BCUT2D eigenvalue weighted by molar-refractivity contribution is 6.39. The summed E-state index contributed by atoms with van der Waals surface area (Å²) in [5, 5.41) is 2.51. The highest BCUT2D eigenvalue weighted by Crippen LogP contribution is 2.24. The zero-order chi connectivity index (χ0) is 19.3. The summed E-state index contributed by atoms with van der Waals surface area (Å²) in [6.45, 7) is 6.72. The van der Waals surface area contributed by atoms with Crippen molar-refractivity contribution in [1.29, 1.82) is 0 Å². The highest BCUT2D eigenvalue weighted by atomic mass is 16.5. The van der Waals surface area contributed by atoms with Crippen LogP contribution in [0.15, 0.2) is 12.3 Å². The van der Waals surface area contributed by atoms with Gasteiger partial charge in [0.1, 0.15) is 5.56 Å². The zero-order valence-electron chi connectivity index (χ0n) is 15.4. The SMILES string of the molecule is CCOc1ncc(NC(=O)C(=O)N2C[C@@H](C)CC[C@@H]2CC)cc1C(N)=O. The predicted molar refractivity (Wildman–Crippen MR) is 96.7 cm³/mol. The molecule has 1 fully saturated rings. The number of rotatable bonds is 5. The van der Waals surface area contributed by atoms with Crippen LogP contribution in [0.25, 0.3) is 0 Å². The first-order valence-electron chi connectivity index (χ1n) is 8.91. The minimum atomic E-state index is -0.751. The molecule has 1 aliphatic heterocycles. The molecule has 0 radical (unpaired) electrons. The van der Waals surface area contributed by atoms with E-state index in [1.165, 1.54) is 12.3 Å². The predicted octanol–water partition coefficient (Wildman–Crippen LogP) is 1.55. The summed E-state index contributed by atoms with van der Waals surface area (Å²) in [6, 6.07) is 1.44. The van der Waals surface area contributed by atoms with E-state index in [1.807, 2.05) is 6.92 Å². The van der Waals surface area contributed by atoms with E-state index in [0.29, 0.717) is 19.1 Å².